The Bertz CT molecular complexity index is 1230. The third kappa shape index (κ3) is 4.96. The van der Waals surface area contributed by atoms with E-state index in [2.05, 4.69) is 15.2 Å². The van der Waals surface area contributed by atoms with Gasteiger partial charge in [0.1, 0.15) is 6.61 Å². The molecular weight excluding hydrogens is 468 g/mol. The van der Waals surface area contributed by atoms with Crippen LogP contribution in [0.4, 0.5) is 5.82 Å². The number of hydrogen-bond acceptors (Lipinski definition) is 9. The highest BCUT2D eigenvalue weighted by Gasteiger charge is 2.38. The summed E-state index contributed by atoms with van der Waals surface area (Å²) in [7, 11) is 1.59. The molecule has 11 heteroatoms. The van der Waals surface area contributed by atoms with Crippen LogP contribution in [-0.4, -0.2) is 64.2 Å². The van der Waals surface area contributed by atoms with Crippen LogP contribution in [0, 0.1) is 5.41 Å². The number of anilines is 1. The van der Waals surface area contributed by atoms with Gasteiger partial charge in [-0.15, -0.1) is 0 Å². The largest absolute Gasteiger partial charge is 0.493 e. The van der Waals surface area contributed by atoms with Crippen molar-refractivity contribution in [3.63, 3.8) is 0 Å². The summed E-state index contributed by atoms with van der Waals surface area (Å²) in [5.74, 6) is 1.39. The molecule has 0 radical (unpaired) electrons. The van der Waals surface area contributed by atoms with Gasteiger partial charge in [-0.25, -0.2) is 9.53 Å². The van der Waals surface area contributed by atoms with E-state index in [1.54, 1.807) is 30.1 Å². The monoisotopic (exact) mass is 494 g/mol. The van der Waals surface area contributed by atoms with E-state index < -0.39 is 0 Å². The highest BCUT2D eigenvalue weighted by molar-refractivity contribution is 8.19. The molecule has 0 spiro atoms. The van der Waals surface area contributed by atoms with Gasteiger partial charge in [0.2, 0.25) is 11.6 Å². The predicted molar refractivity (Wildman–Crippen MR) is 133 cm³/mol. The fourth-order valence-electron chi connectivity index (χ4n) is 4.15. The van der Waals surface area contributed by atoms with Gasteiger partial charge in [0.05, 0.1) is 12.0 Å². The lowest BCUT2D eigenvalue weighted by Crippen LogP contribution is -2.33. The summed E-state index contributed by atoms with van der Waals surface area (Å²) in [6, 6.07) is 9.19. The molecule has 3 aromatic rings. The van der Waals surface area contributed by atoms with Gasteiger partial charge >= 0.3 is 0 Å². The van der Waals surface area contributed by atoms with Crippen LogP contribution in [0.2, 0.25) is 0 Å². The van der Waals surface area contributed by atoms with Crippen molar-refractivity contribution in [3.8, 4) is 17.3 Å². The Balaban J connectivity index is 1.30. The molecule has 35 heavy (non-hydrogen) atoms. The fraction of sp³-hybridized carbons (Fsp3) is 0.333. The van der Waals surface area contributed by atoms with Crippen molar-refractivity contribution in [1.29, 1.82) is 5.41 Å². The lowest BCUT2D eigenvalue weighted by atomic mass is 10.1. The van der Waals surface area contributed by atoms with Crippen LogP contribution in [0.5, 0.6) is 11.5 Å². The minimum atomic E-state index is -0.370. The second-order valence-electron chi connectivity index (χ2n) is 8.22. The van der Waals surface area contributed by atoms with Crippen molar-refractivity contribution in [2.45, 2.75) is 19.3 Å². The fourth-order valence-corrected chi connectivity index (χ4v) is 4.99. The molecular formula is C24H26N6O4S. The second kappa shape index (κ2) is 10.4. The molecule has 0 saturated carbocycles. The van der Waals surface area contributed by atoms with Crippen LogP contribution in [-0.2, 0) is 4.79 Å². The number of rotatable bonds is 8. The number of piperidine rings is 1. The highest BCUT2D eigenvalue weighted by Crippen LogP contribution is 2.37. The van der Waals surface area contributed by atoms with Gasteiger partial charge in [0.15, 0.2) is 16.7 Å². The van der Waals surface area contributed by atoms with Crippen LogP contribution >= 0.6 is 11.8 Å². The van der Waals surface area contributed by atoms with Crippen LogP contribution in [0.1, 0.15) is 24.8 Å². The molecule has 10 nitrogen and oxygen atoms in total. The summed E-state index contributed by atoms with van der Waals surface area (Å²) in [5, 5.41) is 16.2. The standard InChI is InChI=1S/C24H26N6O4S/c1-32-19-15-17(7-8-18(19)33-14-13-28-9-3-2-4-10-28)16-20-23(31)30(24(25)35-20)22-21(26-34-27-22)29-11-5-6-12-29/h5-8,11-12,15-16,25H,2-4,9-10,13-14H2,1H3/b20-16-,25-24?. The maximum absolute atomic E-state index is 13.2. The van der Waals surface area contributed by atoms with Crippen molar-refractivity contribution >= 4 is 34.7 Å². The van der Waals surface area contributed by atoms with Gasteiger partial charge in [-0.2, -0.15) is 0 Å². The first kappa shape index (κ1) is 23.2. The number of benzene rings is 1. The van der Waals surface area contributed by atoms with E-state index in [1.807, 2.05) is 30.3 Å². The molecule has 1 N–H and O–H groups in total. The Hall–Kier alpha value is -3.57. The van der Waals surface area contributed by atoms with Gasteiger partial charge in [-0.05, 0) is 83.9 Å². The summed E-state index contributed by atoms with van der Waals surface area (Å²) in [6.45, 7) is 3.73. The molecule has 2 aromatic heterocycles. The summed E-state index contributed by atoms with van der Waals surface area (Å²) in [6.07, 6.45) is 9.06. The molecule has 1 aromatic carbocycles. The van der Waals surface area contributed by atoms with E-state index in [1.165, 1.54) is 24.2 Å². The number of hydrogen-bond donors (Lipinski definition) is 1. The number of aromatic nitrogens is 3. The molecule has 182 valence electrons. The Morgan fingerprint density at radius 3 is 2.66 bits per heavy atom. The molecule has 5 rings (SSSR count). The third-order valence-electron chi connectivity index (χ3n) is 5.94. The lowest BCUT2D eigenvalue weighted by molar-refractivity contribution is -0.113. The van der Waals surface area contributed by atoms with Gasteiger partial charge < -0.3 is 14.0 Å². The molecule has 2 saturated heterocycles. The van der Waals surface area contributed by atoms with Crippen LogP contribution in [0.15, 0.2) is 52.3 Å². The van der Waals surface area contributed by atoms with Gasteiger partial charge in [-0.1, -0.05) is 12.5 Å². The van der Waals surface area contributed by atoms with Crippen molar-refractivity contribution in [2.75, 3.05) is 38.3 Å². The summed E-state index contributed by atoms with van der Waals surface area (Å²) in [4.78, 5) is 17.2. The van der Waals surface area contributed by atoms with Crippen LogP contribution in [0.25, 0.3) is 11.9 Å². The number of carbonyl (C=O) groups is 1. The Kier molecular flexibility index (Phi) is 6.87. The van der Waals surface area contributed by atoms with Gasteiger partial charge in [0.25, 0.3) is 5.91 Å². The third-order valence-corrected chi connectivity index (χ3v) is 6.83. The zero-order chi connectivity index (χ0) is 24.2. The minimum absolute atomic E-state index is 0.0231. The van der Waals surface area contributed by atoms with E-state index in [0.717, 1.165) is 37.0 Å². The molecule has 2 fully saturated rings. The molecule has 0 atom stereocenters. The quantitative estimate of drug-likeness (QED) is 0.471. The number of amides is 1. The first-order valence-corrected chi connectivity index (χ1v) is 12.3. The molecule has 0 bridgehead atoms. The number of likely N-dealkylation sites (tertiary alicyclic amines) is 1. The Morgan fingerprint density at radius 1 is 1.11 bits per heavy atom. The molecule has 2 aliphatic rings. The van der Waals surface area contributed by atoms with Gasteiger partial charge in [-0.3, -0.25) is 15.1 Å². The van der Waals surface area contributed by atoms with E-state index >= 15 is 0 Å². The Labute approximate surface area is 206 Å². The van der Waals surface area contributed by atoms with Crippen LogP contribution < -0.4 is 14.4 Å². The predicted octanol–water partition coefficient (Wildman–Crippen LogP) is 3.79. The zero-order valence-corrected chi connectivity index (χ0v) is 20.2. The normalized spacial score (nSPS) is 18.0. The summed E-state index contributed by atoms with van der Waals surface area (Å²) >= 11 is 1.05. The number of nitrogens with one attached hydrogen (secondary N) is 1. The van der Waals surface area contributed by atoms with E-state index in [4.69, 9.17) is 19.5 Å². The molecule has 4 heterocycles. The highest BCUT2D eigenvalue weighted by atomic mass is 32.2. The average Bonchev–Trinajstić information content (AvgIpc) is 3.62. The number of thioether (sulfide) groups is 1. The first-order valence-electron chi connectivity index (χ1n) is 11.5. The van der Waals surface area contributed by atoms with Crippen molar-refractivity contribution in [3.05, 3.63) is 53.2 Å². The van der Waals surface area contributed by atoms with E-state index in [-0.39, 0.29) is 16.9 Å². The molecule has 2 aliphatic heterocycles. The number of carbonyl (C=O) groups excluding carboxylic acids is 1. The minimum Gasteiger partial charge on any atom is -0.493 e. The van der Waals surface area contributed by atoms with Gasteiger partial charge in [0, 0.05) is 18.9 Å². The SMILES string of the molecule is COc1cc(/C=C2\SC(=N)N(c3nonc3-n3cccc3)C2=O)ccc1OCCN1CCCCC1. The average molecular weight is 495 g/mol. The Morgan fingerprint density at radius 2 is 1.89 bits per heavy atom. The van der Waals surface area contributed by atoms with E-state index in [9.17, 15) is 4.79 Å². The molecule has 1 amide bonds. The maximum Gasteiger partial charge on any atom is 0.272 e. The zero-order valence-electron chi connectivity index (χ0n) is 19.3. The van der Waals surface area contributed by atoms with Crippen LogP contribution in [0.3, 0.4) is 0 Å². The van der Waals surface area contributed by atoms with Crippen molar-refractivity contribution in [1.82, 2.24) is 19.8 Å². The van der Waals surface area contributed by atoms with Crippen molar-refractivity contribution < 1.29 is 18.9 Å². The topological polar surface area (TPSA) is 110 Å². The number of methoxy groups -OCH3 is 1. The molecule has 0 aliphatic carbocycles. The second-order valence-corrected chi connectivity index (χ2v) is 9.25. The summed E-state index contributed by atoms with van der Waals surface area (Å²) < 4.78 is 18.1. The first-order chi connectivity index (χ1) is 17.1. The lowest BCUT2D eigenvalue weighted by Gasteiger charge is -2.26. The number of ether oxygens (including phenoxy) is 2. The number of nitrogens with zero attached hydrogens (tertiary/aromatic N) is 5. The smallest absolute Gasteiger partial charge is 0.272 e. The van der Waals surface area contributed by atoms with E-state index in [0.29, 0.717) is 28.8 Å². The number of amidine groups is 1. The van der Waals surface area contributed by atoms with Crippen molar-refractivity contribution in [2.24, 2.45) is 0 Å². The summed E-state index contributed by atoms with van der Waals surface area (Å²) in [5.41, 5.74) is 0.764. The maximum atomic E-state index is 13.2. The molecule has 0 unspecified atom stereocenters.